The van der Waals surface area contributed by atoms with Crippen LogP contribution in [-0.2, 0) is 25.7 Å². The minimum atomic E-state index is -0.834. The van der Waals surface area contributed by atoms with Gasteiger partial charge in [0.1, 0.15) is 23.9 Å². The Morgan fingerprint density at radius 3 is 2.42 bits per heavy atom. The molecular formula is C19H18FNO5. The number of ether oxygens (including phenoxy) is 3. The lowest BCUT2D eigenvalue weighted by Crippen LogP contribution is -2.16. The van der Waals surface area contributed by atoms with E-state index in [9.17, 15) is 14.0 Å². The lowest BCUT2D eigenvalue weighted by molar-refractivity contribution is -0.138. The molecule has 0 fully saturated rings. The molecule has 6 nitrogen and oxygen atoms in total. The van der Waals surface area contributed by atoms with Crippen molar-refractivity contribution in [2.75, 3.05) is 19.5 Å². The van der Waals surface area contributed by atoms with Gasteiger partial charge in [-0.25, -0.2) is 14.0 Å². The summed E-state index contributed by atoms with van der Waals surface area (Å²) in [4.78, 5) is 23.0. The zero-order valence-electron chi connectivity index (χ0n) is 14.3. The van der Waals surface area contributed by atoms with Crippen molar-refractivity contribution in [3.05, 3.63) is 71.7 Å². The first kappa shape index (κ1) is 19.0. The van der Waals surface area contributed by atoms with Crippen molar-refractivity contribution in [1.82, 2.24) is 0 Å². The smallest absolute Gasteiger partial charge is 0.354 e. The lowest BCUT2D eigenvalue weighted by Gasteiger charge is -2.12. The zero-order valence-corrected chi connectivity index (χ0v) is 14.3. The van der Waals surface area contributed by atoms with E-state index in [1.54, 1.807) is 6.07 Å². The van der Waals surface area contributed by atoms with Gasteiger partial charge in [-0.05, 0) is 17.7 Å². The molecule has 0 heterocycles. The number of hydrogen-bond acceptors (Lipinski definition) is 6. The van der Waals surface area contributed by atoms with Crippen LogP contribution in [-0.4, -0.2) is 26.2 Å². The molecule has 2 aromatic rings. The van der Waals surface area contributed by atoms with E-state index < -0.39 is 17.8 Å². The number of nitrogens with one attached hydrogen (secondary N) is 1. The van der Waals surface area contributed by atoms with Crippen molar-refractivity contribution < 1.29 is 28.2 Å². The second-order valence-corrected chi connectivity index (χ2v) is 5.11. The van der Waals surface area contributed by atoms with E-state index in [2.05, 4.69) is 14.8 Å². The summed E-state index contributed by atoms with van der Waals surface area (Å²) in [5, 5.41) is 2.52. The van der Waals surface area contributed by atoms with Gasteiger partial charge in [0, 0.05) is 6.07 Å². The van der Waals surface area contributed by atoms with Crippen molar-refractivity contribution in [3.8, 4) is 5.75 Å². The van der Waals surface area contributed by atoms with Crippen LogP contribution < -0.4 is 10.1 Å². The maximum absolute atomic E-state index is 14.3. The van der Waals surface area contributed by atoms with Crippen molar-refractivity contribution >= 4 is 17.6 Å². The van der Waals surface area contributed by atoms with Gasteiger partial charge in [0.15, 0.2) is 0 Å². The molecule has 0 bridgehead atoms. The van der Waals surface area contributed by atoms with E-state index in [-0.39, 0.29) is 11.4 Å². The molecule has 0 aliphatic rings. The lowest BCUT2D eigenvalue weighted by atomic mass is 10.2. The first-order valence-electron chi connectivity index (χ1n) is 7.64. The molecule has 0 aliphatic carbocycles. The number of rotatable bonds is 7. The van der Waals surface area contributed by atoms with Crippen LogP contribution in [0.4, 0.5) is 10.1 Å². The molecule has 2 aromatic carbocycles. The Hall–Kier alpha value is -3.35. The SMILES string of the molecule is COC(=O)/C=C(/Nc1ccc(OCc2ccccc2)cc1F)C(=O)OC. The molecule has 1 N–H and O–H groups in total. The Bertz CT molecular complexity index is 805. The van der Waals surface area contributed by atoms with Crippen molar-refractivity contribution in [2.45, 2.75) is 6.61 Å². The van der Waals surface area contributed by atoms with Gasteiger partial charge in [-0.1, -0.05) is 30.3 Å². The van der Waals surface area contributed by atoms with Gasteiger partial charge in [-0.3, -0.25) is 0 Å². The van der Waals surface area contributed by atoms with Crippen LogP contribution >= 0.6 is 0 Å². The fourth-order valence-corrected chi connectivity index (χ4v) is 2.01. The third-order valence-electron chi connectivity index (χ3n) is 3.33. The van der Waals surface area contributed by atoms with Gasteiger partial charge in [0.2, 0.25) is 0 Å². The second-order valence-electron chi connectivity index (χ2n) is 5.11. The molecule has 7 heteroatoms. The minimum absolute atomic E-state index is 0.0161. The van der Waals surface area contributed by atoms with Crippen molar-refractivity contribution in [3.63, 3.8) is 0 Å². The first-order chi connectivity index (χ1) is 12.5. The van der Waals surface area contributed by atoms with Crippen LogP contribution in [0.3, 0.4) is 0 Å². The van der Waals surface area contributed by atoms with E-state index >= 15 is 0 Å². The Labute approximate surface area is 150 Å². The summed E-state index contributed by atoms with van der Waals surface area (Å²) in [5.74, 6) is -1.94. The summed E-state index contributed by atoms with van der Waals surface area (Å²) in [6, 6.07) is 13.6. The largest absolute Gasteiger partial charge is 0.489 e. The number of anilines is 1. The van der Waals surface area contributed by atoms with E-state index in [0.29, 0.717) is 12.4 Å². The average molecular weight is 359 g/mol. The van der Waals surface area contributed by atoms with E-state index in [1.165, 1.54) is 12.1 Å². The third kappa shape index (κ3) is 5.34. The van der Waals surface area contributed by atoms with E-state index in [4.69, 9.17) is 4.74 Å². The predicted molar refractivity (Wildman–Crippen MR) is 92.9 cm³/mol. The Balaban J connectivity index is 2.11. The molecule has 0 amide bonds. The first-order valence-corrected chi connectivity index (χ1v) is 7.64. The fraction of sp³-hybridized carbons (Fsp3) is 0.158. The maximum atomic E-state index is 14.3. The van der Waals surface area contributed by atoms with Gasteiger partial charge in [-0.2, -0.15) is 0 Å². The summed E-state index contributed by atoms with van der Waals surface area (Å²) in [6.45, 7) is 0.294. The predicted octanol–water partition coefficient (Wildman–Crippen LogP) is 3.05. The molecule has 2 rings (SSSR count). The second kappa shape index (κ2) is 9.22. The maximum Gasteiger partial charge on any atom is 0.354 e. The molecule has 136 valence electrons. The molecule has 0 atom stereocenters. The molecule has 0 saturated heterocycles. The molecule has 26 heavy (non-hydrogen) atoms. The van der Waals surface area contributed by atoms with Crippen LogP contribution in [0, 0.1) is 5.82 Å². The molecule has 0 spiro atoms. The van der Waals surface area contributed by atoms with Gasteiger partial charge < -0.3 is 19.5 Å². The topological polar surface area (TPSA) is 73.9 Å². The number of halogens is 1. The van der Waals surface area contributed by atoms with Gasteiger partial charge in [-0.15, -0.1) is 0 Å². The van der Waals surface area contributed by atoms with Gasteiger partial charge >= 0.3 is 11.9 Å². The molecule has 0 saturated carbocycles. The van der Waals surface area contributed by atoms with Crippen molar-refractivity contribution in [2.24, 2.45) is 0 Å². The van der Waals surface area contributed by atoms with Crippen LogP contribution in [0.2, 0.25) is 0 Å². The highest BCUT2D eigenvalue weighted by atomic mass is 19.1. The molecule has 0 aliphatic heterocycles. The summed E-state index contributed by atoms with van der Waals surface area (Å²) < 4.78 is 28.8. The van der Waals surface area contributed by atoms with E-state index in [1.807, 2.05) is 30.3 Å². The normalized spacial score (nSPS) is 10.8. The quantitative estimate of drug-likeness (QED) is 0.605. The number of benzene rings is 2. The zero-order chi connectivity index (χ0) is 18.9. The van der Waals surface area contributed by atoms with Crippen LogP contribution in [0.1, 0.15) is 5.56 Å². The Morgan fingerprint density at radius 2 is 1.81 bits per heavy atom. The van der Waals surface area contributed by atoms with Crippen LogP contribution in [0.15, 0.2) is 60.3 Å². The van der Waals surface area contributed by atoms with Crippen LogP contribution in [0.25, 0.3) is 0 Å². The molecule has 0 aromatic heterocycles. The monoisotopic (exact) mass is 359 g/mol. The number of methoxy groups -OCH3 is 2. The Morgan fingerprint density at radius 1 is 1.08 bits per heavy atom. The highest BCUT2D eigenvalue weighted by molar-refractivity contribution is 5.98. The number of esters is 2. The summed E-state index contributed by atoms with van der Waals surface area (Å²) in [7, 11) is 2.30. The summed E-state index contributed by atoms with van der Waals surface area (Å²) in [5.41, 5.74) is 0.679. The highest BCUT2D eigenvalue weighted by Crippen LogP contribution is 2.23. The summed E-state index contributed by atoms with van der Waals surface area (Å²) in [6.07, 6.45) is 0.880. The number of carbonyl (C=O) groups is 2. The van der Waals surface area contributed by atoms with Gasteiger partial charge in [0.05, 0.1) is 26.0 Å². The average Bonchev–Trinajstić information content (AvgIpc) is 2.67. The van der Waals surface area contributed by atoms with Crippen LogP contribution in [0.5, 0.6) is 5.75 Å². The third-order valence-corrected chi connectivity index (χ3v) is 3.33. The summed E-state index contributed by atoms with van der Waals surface area (Å²) >= 11 is 0. The minimum Gasteiger partial charge on any atom is -0.489 e. The van der Waals surface area contributed by atoms with Gasteiger partial charge in [0.25, 0.3) is 0 Å². The van der Waals surface area contributed by atoms with Crippen molar-refractivity contribution in [1.29, 1.82) is 0 Å². The Kier molecular flexibility index (Phi) is 6.73. The fourth-order valence-electron chi connectivity index (χ4n) is 2.01. The standard InChI is InChI=1S/C19H18FNO5/c1-24-18(22)11-17(19(23)25-2)21-16-9-8-14(10-15(16)20)26-12-13-6-4-3-5-7-13/h3-11,21H,12H2,1-2H3/b17-11+. The van der Waals surface area contributed by atoms with E-state index in [0.717, 1.165) is 25.9 Å². The number of hydrogen-bond donors (Lipinski definition) is 1. The number of carbonyl (C=O) groups excluding carboxylic acids is 2. The molecule has 0 radical (unpaired) electrons. The molecular weight excluding hydrogens is 341 g/mol. The molecule has 0 unspecified atom stereocenters. The highest BCUT2D eigenvalue weighted by Gasteiger charge is 2.15.